The zero-order valence-electron chi connectivity index (χ0n) is 12.9. The fourth-order valence-electron chi connectivity index (χ4n) is 1.95. The Morgan fingerprint density at radius 3 is 2.45 bits per heavy atom. The number of rotatable bonds is 4. The summed E-state index contributed by atoms with van der Waals surface area (Å²) in [7, 11) is 0. The van der Waals surface area contributed by atoms with Crippen molar-refractivity contribution in [1.29, 1.82) is 0 Å². The lowest BCUT2D eigenvalue weighted by Crippen LogP contribution is -2.09. The standard InChI is InChI=1S/C18H19IN2O/c1-12(2)15-7-4-14(5-8-15)6-11-18(22)21-17-10-9-16(19)13(3)20-17/h4-12H,1-3H3,(H,20,21,22)/b11-6+. The van der Waals surface area contributed by atoms with Crippen LogP contribution in [0, 0.1) is 10.5 Å². The highest BCUT2D eigenvalue weighted by molar-refractivity contribution is 14.1. The SMILES string of the molecule is Cc1nc(NC(=O)/C=C/c2ccc(C(C)C)cc2)ccc1I. The van der Waals surface area contributed by atoms with Crippen LogP contribution in [0.3, 0.4) is 0 Å². The van der Waals surface area contributed by atoms with Crippen LogP contribution in [-0.2, 0) is 4.79 Å². The molecule has 1 aromatic carbocycles. The second-order valence-corrected chi connectivity index (χ2v) is 6.57. The van der Waals surface area contributed by atoms with Gasteiger partial charge in [-0.1, -0.05) is 38.1 Å². The van der Waals surface area contributed by atoms with E-state index in [9.17, 15) is 4.79 Å². The van der Waals surface area contributed by atoms with Gasteiger partial charge in [0.1, 0.15) is 5.82 Å². The highest BCUT2D eigenvalue weighted by atomic mass is 127. The molecule has 22 heavy (non-hydrogen) atoms. The summed E-state index contributed by atoms with van der Waals surface area (Å²) in [4.78, 5) is 16.2. The number of nitrogens with zero attached hydrogens (tertiary/aromatic N) is 1. The Labute approximate surface area is 145 Å². The molecule has 3 nitrogen and oxygen atoms in total. The van der Waals surface area contributed by atoms with Gasteiger partial charge in [-0.05, 0) is 64.8 Å². The molecule has 0 aliphatic rings. The Morgan fingerprint density at radius 1 is 1.18 bits per heavy atom. The van der Waals surface area contributed by atoms with Crippen molar-refractivity contribution in [2.45, 2.75) is 26.7 Å². The molecule has 0 saturated heterocycles. The maximum Gasteiger partial charge on any atom is 0.249 e. The van der Waals surface area contributed by atoms with Crippen LogP contribution in [0.25, 0.3) is 6.08 Å². The van der Waals surface area contributed by atoms with Crippen LogP contribution in [-0.4, -0.2) is 10.9 Å². The van der Waals surface area contributed by atoms with E-state index in [0.717, 1.165) is 14.8 Å². The van der Waals surface area contributed by atoms with Gasteiger partial charge >= 0.3 is 0 Å². The van der Waals surface area contributed by atoms with Gasteiger partial charge < -0.3 is 5.32 Å². The van der Waals surface area contributed by atoms with Crippen molar-refractivity contribution in [3.8, 4) is 0 Å². The first-order chi connectivity index (χ1) is 10.5. The smallest absolute Gasteiger partial charge is 0.249 e. The topological polar surface area (TPSA) is 42.0 Å². The molecule has 0 unspecified atom stereocenters. The Bertz CT molecular complexity index is 691. The molecule has 0 spiro atoms. The molecule has 1 amide bonds. The minimum atomic E-state index is -0.180. The molecule has 2 rings (SSSR count). The van der Waals surface area contributed by atoms with Gasteiger partial charge in [-0.15, -0.1) is 0 Å². The van der Waals surface area contributed by atoms with Gasteiger partial charge in [0, 0.05) is 9.65 Å². The number of hydrogen-bond donors (Lipinski definition) is 1. The van der Waals surface area contributed by atoms with Gasteiger partial charge in [-0.3, -0.25) is 4.79 Å². The van der Waals surface area contributed by atoms with E-state index in [0.29, 0.717) is 11.7 Å². The van der Waals surface area contributed by atoms with Gasteiger partial charge in [-0.25, -0.2) is 4.98 Å². The normalized spacial score (nSPS) is 11.1. The van der Waals surface area contributed by atoms with E-state index < -0.39 is 0 Å². The van der Waals surface area contributed by atoms with Crippen LogP contribution in [0.4, 0.5) is 5.82 Å². The summed E-state index contributed by atoms with van der Waals surface area (Å²) in [5.41, 5.74) is 3.21. The van der Waals surface area contributed by atoms with Crippen molar-refractivity contribution in [3.05, 3.63) is 62.9 Å². The van der Waals surface area contributed by atoms with Crippen LogP contribution in [0.5, 0.6) is 0 Å². The second kappa shape index (κ2) is 7.54. The third kappa shape index (κ3) is 4.66. The molecule has 1 heterocycles. The van der Waals surface area contributed by atoms with Crippen LogP contribution >= 0.6 is 22.6 Å². The largest absolute Gasteiger partial charge is 0.307 e. The summed E-state index contributed by atoms with van der Waals surface area (Å²) in [6.07, 6.45) is 3.33. The van der Waals surface area contributed by atoms with Crippen molar-refractivity contribution in [2.75, 3.05) is 5.32 Å². The predicted molar refractivity (Wildman–Crippen MR) is 99.9 cm³/mol. The number of hydrogen-bond acceptors (Lipinski definition) is 2. The number of anilines is 1. The van der Waals surface area contributed by atoms with Crippen LogP contribution in [0.15, 0.2) is 42.5 Å². The summed E-state index contributed by atoms with van der Waals surface area (Å²) in [6.45, 7) is 6.24. The molecule has 0 atom stereocenters. The zero-order valence-corrected chi connectivity index (χ0v) is 15.1. The summed E-state index contributed by atoms with van der Waals surface area (Å²) < 4.78 is 1.08. The van der Waals surface area contributed by atoms with E-state index in [1.54, 1.807) is 12.1 Å². The Hall–Kier alpha value is -1.69. The van der Waals surface area contributed by atoms with E-state index in [2.05, 4.69) is 58.9 Å². The van der Waals surface area contributed by atoms with Crippen molar-refractivity contribution < 1.29 is 4.79 Å². The van der Waals surface area contributed by atoms with E-state index >= 15 is 0 Å². The lowest BCUT2D eigenvalue weighted by Gasteiger charge is -2.05. The molecule has 1 aromatic heterocycles. The first kappa shape index (κ1) is 16.7. The first-order valence-electron chi connectivity index (χ1n) is 7.18. The summed E-state index contributed by atoms with van der Waals surface area (Å²) in [5.74, 6) is 0.903. The average molecular weight is 406 g/mol. The van der Waals surface area contributed by atoms with E-state index in [1.165, 1.54) is 11.6 Å². The van der Waals surface area contributed by atoms with Crippen molar-refractivity contribution in [2.24, 2.45) is 0 Å². The van der Waals surface area contributed by atoms with E-state index in [1.807, 2.05) is 25.1 Å². The summed E-state index contributed by atoms with van der Waals surface area (Å²) in [5, 5.41) is 2.77. The quantitative estimate of drug-likeness (QED) is 0.587. The van der Waals surface area contributed by atoms with E-state index in [-0.39, 0.29) is 5.91 Å². The van der Waals surface area contributed by atoms with Crippen LogP contribution in [0.1, 0.15) is 36.6 Å². The minimum Gasteiger partial charge on any atom is -0.307 e. The lowest BCUT2D eigenvalue weighted by molar-refractivity contribution is -0.111. The predicted octanol–water partition coefficient (Wildman–Crippen LogP) is 4.77. The molecular weight excluding hydrogens is 387 g/mol. The van der Waals surface area contributed by atoms with E-state index in [4.69, 9.17) is 0 Å². The number of carbonyl (C=O) groups is 1. The fourth-order valence-corrected chi connectivity index (χ4v) is 2.25. The molecular formula is C18H19IN2O. The van der Waals surface area contributed by atoms with Crippen LogP contribution in [0.2, 0.25) is 0 Å². The summed E-state index contributed by atoms with van der Waals surface area (Å²) in [6, 6.07) is 12.0. The van der Waals surface area contributed by atoms with Gasteiger partial charge in [0.05, 0.1) is 5.69 Å². The molecule has 2 aromatic rings. The Kier molecular flexibility index (Phi) is 5.71. The van der Waals surface area contributed by atoms with Crippen LogP contribution < -0.4 is 5.32 Å². The van der Waals surface area contributed by atoms with Crippen molar-refractivity contribution in [1.82, 2.24) is 4.98 Å². The van der Waals surface area contributed by atoms with Crippen molar-refractivity contribution >= 4 is 40.4 Å². The molecule has 0 aliphatic heterocycles. The number of aromatic nitrogens is 1. The van der Waals surface area contributed by atoms with Crippen molar-refractivity contribution in [3.63, 3.8) is 0 Å². The third-order valence-corrected chi connectivity index (χ3v) is 4.44. The number of pyridine rings is 1. The second-order valence-electron chi connectivity index (χ2n) is 5.41. The highest BCUT2D eigenvalue weighted by Gasteiger charge is 2.02. The first-order valence-corrected chi connectivity index (χ1v) is 8.26. The zero-order chi connectivity index (χ0) is 16.1. The molecule has 0 radical (unpaired) electrons. The molecule has 4 heteroatoms. The number of aryl methyl sites for hydroxylation is 1. The lowest BCUT2D eigenvalue weighted by atomic mass is 10.0. The number of nitrogens with one attached hydrogen (secondary N) is 1. The van der Waals surface area contributed by atoms with Gasteiger partial charge in [0.15, 0.2) is 0 Å². The van der Waals surface area contributed by atoms with Gasteiger partial charge in [0.25, 0.3) is 0 Å². The molecule has 0 saturated carbocycles. The molecule has 1 N–H and O–H groups in total. The molecule has 0 bridgehead atoms. The van der Waals surface area contributed by atoms with Gasteiger partial charge in [-0.2, -0.15) is 0 Å². The molecule has 114 valence electrons. The number of carbonyl (C=O) groups excluding carboxylic acids is 1. The number of benzene rings is 1. The highest BCUT2D eigenvalue weighted by Crippen LogP contribution is 2.15. The Morgan fingerprint density at radius 2 is 1.86 bits per heavy atom. The minimum absolute atomic E-state index is 0.180. The monoisotopic (exact) mass is 406 g/mol. The number of amides is 1. The average Bonchev–Trinajstić information content (AvgIpc) is 2.49. The molecule has 0 fully saturated rings. The summed E-state index contributed by atoms with van der Waals surface area (Å²) >= 11 is 2.22. The van der Waals surface area contributed by atoms with Gasteiger partial charge in [0.2, 0.25) is 5.91 Å². The maximum atomic E-state index is 11.9. The number of halogens is 1. The molecule has 0 aliphatic carbocycles. The third-order valence-electron chi connectivity index (χ3n) is 3.30. The Balaban J connectivity index is 2.00. The maximum absolute atomic E-state index is 11.9. The fraction of sp³-hybridized carbons (Fsp3) is 0.222.